The largest absolute Gasteiger partial charge is 0.416 e. The highest BCUT2D eigenvalue weighted by Crippen LogP contribution is 2.32. The van der Waals surface area contributed by atoms with Crippen LogP contribution < -0.4 is 0 Å². The first kappa shape index (κ1) is 12.4. The number of hydrogen-bond donors (Lipinski definition) is 0. The standard InChI is InChI=1S/C10H7F4NO/c1-6(15-5-16)7-2-8(10(12,13)14)4-9(11)3-7/h2-4,6H,1H3. The number of hydrogen-bond acceptors (Lipinski definition) is 2. The Bertz CT molecular complexity index is 435. The minimum atomic E-state index is -4.62. The summed E-state index contributed by atoms with van der Waals surface area (Å²) in [5.74, 6) is -1.02. The van der Waals surface area contributed by atoms with E-state index >= 15 is 0 Å². The van der Waals surface area contributed by atoms with Crippen LogP contribution in [0.25, 0.3) is 0 Å². The van der Waals surface area contributed by atoms with Gasteiger partial charge in [-0.05, 0) is 30.7 Å². The number of benzene rings is 1. The molecule has 0 aliphatic rings. The van der Waals surface area contributed by atoms with Crippen LogP contribution in [0, 0.1) is 5.82 Å². The highest BCUT2D eigenvalue weighted by Gasteiger charge is 2.31. The van der Waals surface area contributed by atoms with E-state index in [0.717, 1.165) is 12.1 Å². The van der Waals surface area contributed by atoms with E-state index < -0.39 is 23.6 Å². The van der Waals surface area contributed by atoms with Crippen molar-refractivity contribution in [2.24, 2.45) is 4.99 Å². The molecule has 1 aromatic rings. The zero-order valence-corrected chi connectivity index (χ0v) is 8.18. The minimum Gasteiger partial charge on any atom is -0.211 e. The lowest BCUT2D eigenvalue weighted by Gasteiger charge is -2.10. The maximum absolute atomic E-state index is 12.9. The molecule has 0 aromatic heterocycles. The molecule has 0 heterocycles. The summed E-state index contributed by atoms with van der Waals surface area (Å²) in [5.41, 5.74) is -1.12. The molecule has 0 radical (unpaired) electrons. The molecule has 1 aromatic carbocycles. The maximum atomic E-state index is 12.9. The zero-order valence-electron chi connectivity index (χ0n) is 8.18. The second kappa shape index (κ2) is 4.45. The Labute approximate surface area is 88.6 Å². The van der Waals surface area contributed by atoms with E-state index in [4.69, 9.17) is 0 Å². The van der Waals surface area contributed by atoms with Crippen molar-refractivity contribution in [3.63, 3.8) is 0 Å². The first-order valence-corrected chi connectivity index (χ1v) is 4.29. The van der Waals surface area contributed by atoms with Gasteiger partial charge in [0.1, 0.15) is 5.82 Å². The van der Waals surface area contributed by atoms with Gasteiger partial charge in [-0.25, -0.2) is 9.18 Å². The SMILES string of the molecule is CC(N=C=O)c1cc(F)cc(C(F)(F)F)c1. The van der Waals surface area contributed by atoms with Crippen LogP contribution in [0.4, 0.5) is 17.6 Å². The summed E-state index contributed by atoms with van der Waals surface area (Å²) in [5, 5.41) is 0. The predicted octanol–water partition coefficient (Wildman–Crippen LogP) is 3.24. The lowest BCUT2D eigenvalue weighted by atomic mass is 10.1. The second-order valence-corrected chi connectivity index (χ2v) is 3.17. The average molecular weight is 233 g/mol. The van der Waals surface area contributed by atoms with Gasteiger partial charge in [0.25, 0.3) is 0 Å². The van der Waals surface area contributed by atoms with Crippen LogP contribution >= 0.6 is 0 Å². The number of rotatable bonds is 2. The van der Waals surface area contributed by atoms with Crippen molar-refractivity contribution in [2.45, 2.75) is 19.1 Å². The minimum absolute atomic E-state index is 0.0179. The predicted molar refractivity (Wildman–Crippen MR) is 47.9 cm³/mol. The summed E-state index contributed by atoms with van der Waals surface area (Å²) in [7, 11) is 0. The Balaban J connectivity index is 3.23. The first-order chi connectivity index (χ1) is 7.34. The number of carbonyl (C=O) groups excluding carboxylic acids is 1. The van der Waals surface area contributed by atoms with E-state index in [1.807, 2.05) is 0 Å². The van der Waals surface area contributed by atoms with E-state index in [1.165, 1.54) is 13.0 Å². The third kappa shape index (κ3) is 2.90. The van der Waals surface area contributed by atoms with Crippen LogP contribution in [0.5, 0.6) is 0 Å². The third-order valence-electron chi connectivity index (χ3n) is 1.98. The van der Waals surface area contributed by atoms with Gasteiger partial charge in [0.15, 0.2) is 0 Å². The molecule has 6 heteroatoms. The fourth-order valence-corrected chi connectivity index (χ4v) is 1.17. The fraction of sp³-hybridized carbons (Fsp3) is 0.300. The van der Waals surface area contributed by atoms with Gasteiger partial charge in [-0.15, -0.1) is 0 Å². The quantitative estimate of drug-likeness (QED) is 0.438. The molecule has 1 unspecified atom stereocenters. The van der Waals surface area contributed by atoms with Gasteiger partial charge in [-0.2, -0.15) is 18.2 Å². The Morgan fingerprint density at radius 3 is 2.44 bits per heavy atom. The van der Waals surface area contributed by atoms with E-state index in [9.17, 15) is 22.4 Å². The van der Waals surface area contributed by atoms with Crippen molar-refractivity contribution in [3.05, 3.63) is 35.1 Å². The molecule has 86 valence electrons. The van der Waals surface area contributed by atoms with Gasteiger partial charge in [0.05, 0.1) is 11.6 Å². The number of isocyanates is 1. The summed E-state index contributed by atoms with van der Waals surface area (Å²) in [6, 6.07) is 1.20. The summed E-state index contributed by atoms with van der Waals surface area (Å²) in [4.78, 5) is 13.2. The van der Waals surface area contributed by atoms with Crippen LogP contribution in [-0.4, -0.2) is 6.08 Å². The van der Waals surface area contributed by atoms with Crippen LogP contribution in [-0.2, 0) is 11.0 Å². The summed E-state index contributed by atoms with van der Waals surface area (Å²) >= 11 is 0. The van der Waals surface area contributed by atoms with Gasteiger partial charge >= 0.3 is 6.18 Å². The molecule has 1 atom stereocenters. The fourth-order valence-electron chi connectivity index (χ4n) is 1.17. The molecule has 1 rings (SSSR count). The molecule has 0 amide bonds. The smallest absolute Gasteiger partial charge is 0.211 e. The molecule has 16 heavy (non-hydrogen) atoms. The average Bonchev–Trinajstić information content (AvgIpc) is 2.16. The number of nitrogens with zero attached hydrogens (tertiary/aromatic N) is 1. The molecule has 0 saturated heterocycles. The van der Waals surface area contributed by atoms with Crippen LogP contribution in [0.3, 0.4) is 0 Å². The van der Waals surface area contributed by atoms with Crippen molar-refractivity contribution in [1.29, 1.82) is 0 Å². The highest BCUT2D eigenvalue weighted by molar-refractivity contribution is 5.36. The molecule has 0 fully saturated rings. The van der Waals surface area contributed by atoms with Gasteiger partial charge < -0.3 is 0 Å². The molecular formula is C10H7F4NO. The van der Waals surface area contributed by atoms with Crippen LogP contribution in [0.15, 0.2) is 23.2 Å². The molecule has 0 N–H and O–H groups in total. The Kier molecular flexibility index (Phi) is 3.44. The topological polar surface area (TPSA) is 29.4 Å². The van der Waals surface area contributed by atoms with Crippen molar-refractivity contribution in [2.75, 3.05) is 0 Å². The van der Waals surface area contributed by atoms with Crippen LogP contribution in [0.1, 0.15) is 24.1 Å². The molecule has 0 aliphatic heterocycles. The Hall–Kier alpha value is -1.68. The molecular weight excluding hydrogens is 226 g/mol. The second-order valence-electron chi connectivity index (χ2n) is 3.17. The lowest BCUT2D eigenvalue weighted by Crippen LogP contribution is -2.07. The lowest BCUT2D eigenvalue weighted by molar-refractivity contribution is -0.137. The number of aliphatic imine (C=N–C) groups is 1. The first-order valence-electron chi connectivity index (χ1n) is 4.29. The highest BCUT2D eigenvalue weighted by atomic mass is 19.4. The van der Waals surface area contributed by atoms with Crippen molar-refractivity contribution in [3.8, 4) is 0 Å². The van der Waals surface area contributed by atoms with E-state index in [-0.39, 0.29) is 5.56 Å². The molecule has 2 nitrogen and oxygen atoms in total. The number of halogens is 4. The Morgan fingerprint density at radius 1 is 1.31 bits per heavy atom. The van der Waals surface area contributed by atoms with E-state index in [0.29, 0.717) is 6.07 Å². The Morgan fingerprint density at radius 2 is 1.94 bits per heavy atom. The normalized spacial score (nSPS) is 13.1. The van der Waals surface area contributed by atoms with Gasteiger partial charge in [-0.3, -0.25) is 0 Å². The van der Waals surface area contributed by atoms with Crippen molar-refractivity contribution >= 4 is 6.08 Å². The van der Waals surface area contributed by atoms with Gasteiger partial charge in [0, 0.05) is 0 Å². The zero-order chi connectivity index (χ0) is 12.3. The van der Waals surface area contributed by atoms with E-state index in [1.54, 1.807) is 0 Å². The molecule has 0 aliphatic carbocycles. The monoisotopic (exact) mass is 233 g/mol. The maximum Gasteiger partial charge on any atom is 0.416 e. The van der Waals surface area contributed by atoms with Crippen molar-refractivity contribution in [1.82, 2.24) is 0 Å². The van der Waals surface area contributed by atoms with E-state index in [2.05, 4.69) is 4.99 Å². The van der Waals surface area contributed by atoms with Gasteiger partial charge in [-0.1, -0.05) is 0 Å². The molecule has 0 saturated carbocycles. The number of alkyl halides is 3. The van der Waals surface area contributed by atoms with Crippen LogP contribution in [0.2, 0.25) is 0 Å². The summed E-state index contributed by atoms with van der Waals surface area (Å²) in [6.45, 7) is 1.37. The third-order valence-corrected chi connectivity index (χ3v) is 1.98. The summed E-state index contributed by atoms with van der Waals surface area (Å²) < 4.78 is 49.9. The van der Waals surface area contributed by atoms with Gasteiger partial charge in [0.2, 0.25) is 6.08 Å². The summed E-state index contributed by atoms with van der Waals surface area (Å²) in [6.07, 6.45) is -3.41. The molecule has 0 bridgehead atoms. The van der Waals surface area contributed by atoms with Crippen molar-refractivity contribution < 1.29 is 22.4 Å². The molecule has 0 spiro atoms.